The summed E-state index contributed by atoms with van der Waals surface area (Å²) < 4.78 is 33.3. The molecule has 5 nitrogen and oxygen atoms in total. The minimum absolute atomic E-state index is 0.375. The molecule has 0 spiro atoms. The Balaban J connectivity index is 1.71. The molecule has 0 aromatic heterocycles. The number of rotatable bonds is 5. The molecule has 7 heteroatoms. The van der Waals surface area contributed by atoms with Crippen LogP contribution in [0.15, 0.2) is 42.5 Å². The average Bonchev–Trinajstić information content (AvgIpc) is 3.06. The van der Waals surface area contributed by atoms with Crippen molar-refractivity contribution < 1.29 is 23.1 Å². The second kappa shape index (κ2) is 7.84. The van der Waals surface area contributed by atoms with Crippen LogP contribution in [-0.4, -0.2) is 44.0 Å². The molecule has 0 N–H and O–H groups in total. The lowest BCUT2D eigenvalue weighted by Crippen LogP contribution is -2.36. The zero-order valence-electron chi connectivity index (χ0n) is 15.1. The van der Waals surface area contributed by atoms with Crippen LogP contribution in [0, 0.1) is 11.6 Å². The predicted molar refractivity (Wildman–Crippen MR) is 96.2 cm³/mol. The summed E-state index contributed by atoms with van der Waals surface area (Å²) in [6.45, 7) is 0.0162. The van der Waals surface area contributed by atoms with Crippen LogP contribution < -0.4 is 4.90 Å². The van der Waals surface area contributed by atoms with Gasteiger partial charge in [0.1, 0.15) is 17.7 Å². The third-order valence-corrected chi connectivity index (χ3v) is 4.54. The Morgan fingerprint density at radius 2 is 1.78 bits per heavy atom. The number of carbonyl (C=O) groups excluding carboxylic acids is 2. The maximum atomic E-state index is 14.1. The molecular weight excluding hydrogens is 354 g/mol. The number of ether oxygens (including phenoxy) is 1. The first-order valence-corrected chi connectivity index (χ1v) is 8.55. The molecule has 0 fully saturated rings. The van der Waals surface area contributed by atoms with E-state index in [1.165, 1.54) is 25.1 Å². The number of carbonyl (C=O) groups is 2. The highest BCUT2D eigenvalue weighted by Crippen LogP contribution is 2.28. The van der Waals surface area contributed by atoms with Gasteiger partial charge in [0.15, 0.2) is 6.61 Å². The molecule has 1 aliphatic rings. The maximum absolute atomic E-state index is 14.1. The van der Waals surface area contributed by atoms with Crippen LogP contribution >= 0.6 is 0 Å². The van der Waals surface area contributed by atoms with Gasteiger partial charge in [-0.25, -0.2) is 13.6 Å². The van der Waals surface area contributed by atoms with Crippen LogP contribution in [0.2, 0.25) is 0 Å². The van der Waals surface area contributed by atoms with E-state index < -0.39 is 35.8 Å². The minimum atomic E-state index is -1.29. The van der Waals surface area contributed by atoms with Gasteiger partial charge < -0.3 is 9.64 Å². The van der Waals surface area contributed by atoms with E-state index in [9.17, 15) is 18.4 Å². The number of fused-ring (bicyclic) bond motifs is 1. The standard InChI is InChI=1S/C20H20F2N2O3/c1-23(2)19(18-14(21)7-5-8-15(18)22)20(26)27-12-17(25)24-11-10-13-6-3-4-9-16(13)24/h3-9,19H,10-12H2,1-2H3/t19-/m1/s1. The van der Waals surface area contributed by atoms with Gasteiger partial charge in [0.25, 0.3) is 5.91 Å². The largest absolute Gasteiger partial charge is 0.454 e. The summed E-state index contributed by atoms with van der Waals surface area (Å²) >= 11 is 0. The predicted octanol–water partition coefficient (Wildman–Crippen LogP) is 2.70. The Kier molecular flexibility index (Phi) is 5.51. The molecule has 0 saturated carbocycles. The minimum Gasteiger partial charge on any atom is -0.454 e. The van der Waals surface area contributed by atoms with Gasteiger partial charge in [-0.15, -0.1) is 0 Å². The zero-order chi connectivity index (χ0) is 19.6. The Bertz CT molecular complexity index is 850. The Morgan fingerprint density at radius 3 is 2.44 bits per heavy atom. The molecule has 1 amide bonds. The monoisotopic (exact) mass is 374 g/mol. The molecule has 3 rings (SSSR count). The highest BCUT2D eigenvalue weighted by atomic mass is 19.1. The van der Waals surface area contributed by atoms with Crippen LogP contribution in [0.1, 0.15) is 17.2 Å². The molecule has 0 aliphatic carbocycles. The summed E-state index contributed by atoms with van der Waals surface area (Å²) in [5, 5.41) is 0. The van der Waals surface area contributed by atoms with Crippen LogP contribution in [0.4, 0.5) is 14.5 Å². The molecule has 1 heterocycles. The van der Waals surface area contributed by atoms with Crippen molar-refractivity contribution in [2.45, 2.75) is 12.5 Å². The van der Waals surface area contributed by atoms with Gasteiger partial charge in [0, 0.05) is 12.2 Å². The van der Waals surface area contributed by atoms with Gasteiger partial charge in [0.2, 0.25) is 0 Å². The fraction of sp³-hybridized carbons (Fsp3) is 0.300. The summed E-state index contributed by atoms with van der Waals surface area (Å²) in [6, 6.07) is 9.60. The van der Waals surface area contributed by atoms with E-state index in [2.05, 4.69) is 0 Å². The molecule has 2 aromatic carbocycles. The van der Waals surface area contributed by atoms with Crippen LogP contribution in [0.3, 0.4) is 0 Å². The first-order valence-electron chi connectivity index (χ1n) is 8.55. The van der Waals surface area contributed by atoms with Gasteiger partial charge in [-0.1, -0.05) is 24.3 Å². The summed E-state index contributed by atoms with van der Waals surface area (Å²) in [7, 11) is 3.02. The number of amides is 1. The van der Waals surface area contributed by atoms with Gasteiger partial charge in [-0.2, -0.15) is 0 Å². The lowest BCUT2D eigenvalue weighted by atomic mass is 10.0. The molecule has 0 radical (unpaired) electrons. The number of hydrogen-bond donors (Lipinski definition) is 0. The second-order valence-electron chi connectivity index (χ2n) is 6.53. The highest BCUT2D eigenvalue weighted by Gasteiger charge is 2.32. The summed E-state index contributed by atoms with van der Waals surface area (Å²) in [5.41, 5.74) is 1.45. The van der Waals surface area contributed by atoms with E-state index in [1.807, 2.05) is 24.3 Å². The maximum Gasteiger partial charge on any atom is 0.328 e. The van der Waals surface area contributed by atoms with Gasteiger partial charge >= 0.3 is 5.97 Å². The summed E-state index contributed by atoms with van der Waals surface area (Å²) in [6.07, 6.45) is 0.733. The third-order valence-electron chi connectivity index (χ3n) is 4.54. The van der Waals surface area contributed by atoms with Gasteiger partial charge in [0.05, 0.1) is 5.56 Å². The van der Waals surface area contributed by atoms with Crippen LogP contribution in [-0.2, 0) is 20.7 Å². The lowest BCUT2D eigenvalue weighted by molar-refractivity contribution is -0.153. The van der Waals surface area contributed by atoms with E-state index in [4.69, 9.17) is 4.74 Å². The van der Waals surface area contributed by atoms with Crippen molar-refractivity contribution in [3.8, 4) is 0 Å². The number of halogens is 2. The van der Waals surface area contributed by atoms with Crippen molar-refractivity contribution in [2.75, 3.05) is 32.1 Å². The van der Waals surface area contributed by atoms with Crippen molar-refractivity contribution >= 4 is 17.6 Å². The number of para-hydroxylation sites is 1. The quantitative estimate of drug-likeness (QED) is 0.755. The van der Waals surface area contributed by atoms with Crippen molar-refractivity contribution in [1.29, 1.82) is 0 Å². The number of likely N-dealkylation sites (N-methyl/N-ethyl adjacent to an activating group) is 1. The molecule has 0 unspecified atom stereocenters. The van der Waals surface area contributed by atoms with Gasteiger partial charge in [-0.3, -0.25) is 9.69 Å². The number of esters is 1. The molecule has 0 bridgehead atoms. The van der Waals surface area contributed by atoms with Crippen molar-refractivity contribution in [3.05, 3.63) is 65.2 Å². The van der Waals surface area contributed by atoms with Crippen molar-refractivity contribution in [1.82, 2.24) is 4.90 Å². The second-order valence-corrected chi connectivity index (χ2v) is 6.53. The smallest absolute Gasteiger partial charge is 0.328 e. The number of hydrogen-bond acceptors (Lipinski definition) is 4. The van der Waals surface area contributed by atoms with E-state index in [0.29, 0.717) is 6.54 Å². The number of nitrogens with zero attached hydrogens (tertiary/aromatic N) is 2. The Morgan fingerprint density at radius 1 is 1.11 bits per heavy atom. The Labute approximate surface area is 156 Å². The molecule has 142 valence electrons. The fourth-order valence-corrected chi connectivity index (χ4v) is 3.25. The first-order chi connectivity index (χ1) is 12.9. The molecular formula is C20H20F2N2O3. The zero-order valence-corrected chi connectivity index (χ0v) is 15.1. The van der Waals surface area contributed by atoms with Crippen molar-refractivity contribution in [3.63, 3.8) is 0 Å². The normalized spacial score (nSPS) is 14.2. The molecule has 2 aromatic rings. The molecule has 1 atom stereocenters. The van der Waals surface area contributed by atoms with E-state index in [-0.39, 0.29) is 5.91 Å². The van der Waals surface area contributed by atoms with Crippen molar-refractivity contribution in [2.24, 2.45) is 0 Å². The number of benzene rings is 2. The number of anilines is 1. The van der Waals surface area contributed by atoms with Gasteiger partial charge in [-0.05, 0) is 44.3 Å². The van der Waals surface area contributed by atoms with E-state index >= 15 is 0 Å². The topological polar surface area (TPSA) is 49.9 Å². The SMILES string of the molecule is CN(C)[C@@H](C(=O)OCC(=O)N1CCc2ccccc21)c1c(F)cccc1F. The van der Waals surface area contributed by atoms with E-state index in [1.54, 1.807) is 4.90 Å². The summed E-state index contributed by atoms with van der Waals surface area (Å²) in [5.74, 6) is -2.94. The lowest BCUT2D eigenvalue weighted by Gasteiger charge is -2.24. The molecule has 27 heavy (non-hydrogen) atoms. The van der Waals surface area contributed by atoms with Crippen LogP contribution in [0.25, 0.3) is 0 Å². The Hall–Kier alpha value is -2.80. The molecule has 0 saturated heterocycles. The first kappa shape index (κ1) is 19.0. The molecule has 1 aliphatic heterocycles. The van der Waals surface area contributed by atoms with E-state index in [0.717, 1.165) is 29.8 Å². The van der Waals surface area contributed by atoms with Crippen LogP contribution in [0.5, 0.6) is 0 Å². The average molecular weight is 374 g/mol. The highest BCUT2D eigenvalue weighted by molar-refractivity contribution is 5.97. The summed E-state index contributed by atoms with van der Waals surface area (Å²) in [4.78, 5) is 27.8. The fourth-order valence-electron chi connectivity index (χ4n) is 3.25. The third kappa shape index (κ3) is 3.83.